The molecule has 0 spiro atoms. The number of carbonyl (C=O) groups is 1. The summed E-state index contributed by atoms with van der Waals surface area (Å²) in [5.74, 6) is 0.754. The van der Waals surface area contributed by atoms with Crippen molar-refractivity contribution in [2.45, 2.75) is 46.5 Å². The van der Waals surface area contributed by atoms with E-state index in [0.717, 1.165) is 48.1 Å². The molecule has 1 aliphatic rings. The second kappa shape index (κ2) is 7.19. The van der Waals surface area contributed by atoms with Gasteiger partial charge in [-0.1, -0.05) is 45.4 Å². The highest BCUT2D eigenvalue weighted by Crippen LogP contribution is 2.43. The minimum absolute atomic E-state index is 0.0613. The van der Waals surface area contributed by atoms with Crippen LogP contribution >= 0.6 is 0 Å². The molecule has 0 fully saturated rings. The minimum Gasteiger partial charge on any atom is -0.475 e. The van der Waals surface area contributed by atoms with E-state index >= 15 is 0 Å². The fraction of sp³-hybridized carbons (Fsp3) is 0.346. The third-order valence-corrected chi connectivity index (χ3v) is 7.11. The van der Waals surface area contributed by atoms with Crippen LogP contribution in [0.5, 0.6) is 0 Å². The van der Waals surface area contributed by atoms with Crippen LogP contribution in [0.25, 0.3) is 28.3 Å². The second-order valence-corrected chi connectivity index (χ2v) is 9.21. The van der Waals surface area contributed by atoms with Gasteiger partial charge < -0.3 is 13.9 Å². The van der Waals surface area contributed by atoms with Gasteiger partial charge in [-0.2, -0.15) is 0 Å². The fourth-order valence-electron chi connectivity index (χ4n) is 4.79. The summed E-state index contributed by atoms with van der Waals surface area (Å²) in [6.45, 7) is 6.97. The van der Waals surface area contributed by atoms with Crippen molar-refractivity contribution in [1.29, 1.82) is 0 Å². The third kappa shape index (κ3) is 3.29. The maximum atomic E-state index is 11.4. The molecule has 160 valence electrons. The molecule has 1 N–H and O–H groups in total. The Kier molecular flexibility index (Phi) is 4.58. The summed E-state index contributed by atoms with van der Waals surface area (Å²) < 4.78 is 14.0. The molecule has 0 radical (unpaired) electrons. The zero-order valence-corrected chi connectivity index (χ0v) is 18.1. The first kappa shape index (κ1) is 19.7. The molecule has 0 saturated carbocycles. The van der Waals surface area contributed by atoms with Gasteiger partial charge in [-0.25, -0.2) is 4.79 Å². The SMILES string of the molecule is CCC(C)(C)C1CCc2c(cc(-c3cc4ccccc4o3)n2-c2ccc(C(=O)O)o2)C1. The first-order chi connectivity index (χ1) is 14.9. The van der Waals surface area contributed by atoms with Gasteiger partial charge in [0.2, 0.25) is 11.6 Å². The molecule has 5 heteroatoms. The smallest absolute Gasteiger partial charge is 0.371 e. The Morgan fingerprint density at radius 2 is 1.97 bits per heavy atom. The van der Waals surface area contributed by atoms with E-state index < -0.39 is 5.97 Å². The van der Waals surface area contributed by atoms with Crippen LogP contribution < -0.4 is 0 Å². The van der Waals surface area contributed by atoms with E-state index in [1.165, 1.54) is 17.3 Å². The number of aromatic carboxylic acids is 1. The molecule has 5 nitrogen and oxygen atoms in total. The van der Waals surface area contributed by atoms with Gasteiger partial charge in [0.05, 0.1) is 5.69 Å². The van der Waals surface area contributed by atoms with Gasteiger partial charge in [0.15, 0.2) is 5.76 Å². The molecule has 0 amide bonds. The first-order valence-corrected chi connectivity index (χ1v) is 10.9. The highest BCUT2D eigenvalue weighted by molar-refractivity contribution is 5.85. The van der Waals surface area contributed by atoms with Crippen molar-refractivity contribution >= 4 is 16.9 Å². The summed E-state index contributed by atoms with van der Waals surface area (Å²) in [4.78, 5) is 11.4. The zero-order chi connectivity index (χ0) is 21.8. The number of benzene rings is 1. The molecule has 1 aromatic carbocycles. The molecule has 1 atom stereocenters. The molecule has 3 heterocycles. The molecule has 4 aromatic rings. The number of aromatic nitrogens is 1. The number of hydrogen-bond donors (Lipinski definition) is 1. The van der Waals surface area contributed by atoms with Gasteiger partial charge >= 0.3 is 5.97 Å². The summed E-state index contributed by atoms with van der Waals surface area (Å²) in [5.41, 5.74) is 4.49. The fourth-order valence-corrected chi connectivity index (χ4v) is 4.79. The number of rotatable bonds is 5. The van der Waals surface area contributed by atoms with E-state index in [4.69, 9.17) is 8.83 Å². The standard InChI is InChI=1S/C26H27NO4/c1-4-26(2,3)18-9-10-19-17(13-18)14-20(23-15-16-7-5-6-8-21(16)30-23)27(19)24-12-11-22(31-24)25(28)29/h5-8,11-12,14-15,18H,4,9-10,13H2,1-3H3,(H,28,29). The van der Waals surface area contributed by atoms with Gasteiger partial charge in [0.1, 0.15) is 5.58 Å². The highest BCUT2D eigenvalue weighted by atomic mass is 16.4. The minimum atomic E-state index is -1.07. The summed E-state index contributed by atoms with van der Waals surface area (Å²) in [6.07, 6.45) is 4.17. The molecule has 31 heavy (non-hydrogen) atoms. The van der Waals surface area contributed by atoms with Crippen LogP contribution in [0.4, 0.5) is 0 Å². The molecule has 1 aliphatic carbocycles. The molecule has 0 bridgehead atoms. The highest BCUT2D eigenvalue weighted by Gasteiger charge is 2.34. The van der Waals surface area contributed by atoms with Crippen LogP contribution in [-0.4, -0.2) is 15.6 Å². The van der Waals surface area contributed by atoms with Crippen LogP contribution in [0.1, 0.15) is 55.4 Å². The van der Waals surface area contributed by atoms with Crippen molar-refractivity contribution in [1.82, 2.24) is 4.57 Å². The normalized spacial score (nSPS) is 16.5. The average Bonchev–Trinajstić information content (AvgIpc) is 3.48. The Bertz CT molecular complexity index is 1240. The Morgan fingerprint density at radius 3 is 2.68 bits per heavy atom. The van der Waals surface area contributed by atoms with Crippen LogP contribution in [-0.2, 0) is 12.8 Å². The van der Waals surface area contributed by atoms with Crippen molar-refractivity contribution in [3.63, 3.8) is 0 Å². The van der Waals surface area contributed by atoms with Gasteiger partial charge in [-0.15, -0.1) is 0 Å². The Labute approximate surface area is 181 Å². The molecule has 0 aliphatic heterocycles. The van der Waals surface area contributed by atoms with Crippen molar-refractivity contribution in [3.8, 4) is 17.3 Å². The molecule has 5 rings (SSSR count). The first-order valence-electron chi connectivity index (χ1n) is 10.9. The van der Waals surface area contributed by atoms with Crippen molar-refractivity contribution < 1.29 is 18.7 Å². The van der Waals surface area contributed by atoms with E-state index in [2.05, 4.69) is 31.4 Å². The predicted octanol–water partition coefficient (Wildman–Crippen LogP) is 6.72. The number of furan rings is 2. The van der Waals surface area contributed by atoms with E-state index in [-0.39, 0.29) is 11.2 Å². The molecule has 3 aromatic heterocycles. The molecular weight excluding hydrogens is 390 g/mol. The van der Waals surface area contributed by atoms with Crippen molar-refractivity contribution in [2.75, 3.05) is 0 Å². The number of nitrogens with zero attached hydrogens (tertiary/aromatic N) is 1. The number of carboxylic acids is 1. The Hall–Kier alpha value is -3.21. The van der Waals surface area contributed by atoms with Crippen LogP contribution in [0.2, 0.25) is 0 Å². The number of fused-ring (bicyclic) bond motifs is 2. The third-order valence-electron chi connectivity index (χ3n) is 7.11. The van der Waals surface area contributed by atoms with E-state index in [0.29, 0.717) is 11.8 Å². The quantitative estimate of drug-likeness (QED) is 0.391. The molecule has 0 saturated heterocycles. The number of hydrogen-bond acceptors (Lipinski definition) is 3. The lowest BCUT2D eigenvalue weighted by Gasteiger charge is -2.36. The number of carboxylic acid groups (broad SMARTS) is 1. The zero-order valence-electron chi connectivity index (χ0n) is 18.1. The Morgan fingerprint density at radius 1 is 1.16 bits per heavy atom. The van der Waals surface area contributed by atoms with E-state index in [1.54, 1.807) is 6.07 Å². The molecular formula is C26H27NO4. The molecule has 1 unspecified atom stereocenters. The van der Waals surface area contributed by atoms with Gasteiger partial charge in [0, 0.05) is 17.1 Å². The lowest BCUT2D eigenvalue weighted by atomic mass is 9.69. The Balaban J connectivity index is 1.67. The summed E-state index contributed by atoms with van der Waals surface area (Å²) in [6, 6.07) is 15.4. The van der Waals surface area contributed by atoms with E-state index in [9.17, 15) is 9.90 Å². The second-order valence-electron chi connectivity index (χ2n) is 9.21. The van der Waals surface area contributed by atoms with Crippen molar-refractivity contribution in [3.05, 3.63) is 65.5 Å². The number of para-hydroxylation sites is 1. The largest absolute Gasteiger partial charge is 0.475 e. The van der Waals surface area contributed by atoms with Gasteiger partial charge in [-0.3, -0.25) is 4.57 Å². The lowest BCUT2D eigenvalue weighted by Crippen LogP contribution is -2.29. The summed E-state index contributed by atoms with van der Waals surface area (Å²) in [5, 5.41) is 10.4. The maximum Gasteiger partial charge on any atom is 0.371 e. The lowest BCUT2D eigenvalue weighted by molar-refractivity contribution is 0.0662. The van der Waals surface area contributed by atoms with Gasteiger partial charge in [0.25, 0.3) is 0 Å². The van der Waals surface area contributed by atoms with Gasteiger partial charge in [-0.05, 0) is 60.4 Å². The monoisotopic (exact) mass is 417 g/mol. The van der Waals surface area contributed by atoms with Crippen LogP contribution in [0.3, 0.4) is 0 Å². The van der Waals surface area contributed by atoms with Crippen LogP contribution in [0.15, 0.2) is 57.4 Å². The van der Waals surface area contributed by atoms with Crippen LogP contribution in [0, 0.1) is 11.3 Å². The summed E-state index contributed by atoms with van der Waals surface area (Å²) in [7, 11) is 0. The average molecular weight is 418 g/mol. The van der Waals surface area contributed by atoms with E-state index in [1.807, 2.05) is 30.3 Å². The topological polar surface area (TPSA) is 68.5 Å². The maximum absolute atomic E-state index is 11.4. The van der Waals surface area contributed by atoms with Crippen molar-refractivity contribution in [2.24, 2.45) is 11.3 Å². The predicted molar refractivity (Wildman–Crippen MR) is 120 cm³/mol. The summed E-state index contributed by atoms with van der Waals surface area (Å²) >= 11 is 0.